The van der Waals surface area contributed by atoms with Crippen LogP contribution in [0.1, 0.15) is 303 Å². The largest absolute Gasteiger partial charge is 0.481 e. The van der Waals surface area contributed by atoms with Gasteiger partial charge >= 0.3 is 23.9 Å². The van der Waals surface area contributed by atoms with Gasteiger partial charge in [-0.2, -0.15) is 0 Å². The molecule has 1 heterocycles. The van der Waals surface area contributed by atoms with Crippen molar-refractivity contribution in [3.63, 3.8) is 0 Å². The molecular formula is C57H111NO9. The molecule has 10 heteroatoms. The van der Waals surface area contributed by atoms with Gasteiger partial charge in [0.1, 0.15) is 6.61 Å². The lowest BCUT2D eigenvalue weighted by Gasteiger charge is -2.15. The Balaban J connectivity index is 0. The summed E-state index contributed by atoms with van der Waals surface area (Å²) < 4.78 is 16.3. The van der Waals surface area contributed by atoms with Crippen molar-refractivity contribution < 1.29 is 43.6 Å². The standard InChI is InChI=1S/C25H47NO5.2C16H32O2/c1-4-5-6-7-8-9-10-11-12-13-14-15-16-17-23(27)31-25-19-18-22(30-25)21-29-24(28)20-26(2)3;2*1-2-3-4-5-6-7-8-9-10-11-12-13-14-15-16(17)18/h22,25H,4-21H2,1-3H3;2*2-15H2,1H3,(H,17,18)/t22-,25-;;/m0../s1. The molecule has 0 aromatic heterocycles. The molecule has 0 amide bonds. The first-order valence-electron chi connectivity index (χ1n) is 28.6. The van der Waals surface area contributed by atoms with Crippen LogP contribution < -0.4 is 0 Å². The summed E-state index contributed by atoms with van der Waals surface area (Å²) in [7, 11) is 3.64. The van der Waals surface area contributed by atoms with E-state index in [9.17, 15) is 19.2 Å². The molecule has 10 nitrogen and oxygen atoms in total. The summed E-state index contributed by atoms with van der Waals surface area (Å²) in [5.74, 6) is -1.76. The van der Waals surface area contributed by atoms with E-state index in [-0.39, 0.29) is 31.2 Å². The lowest BCUT2D eigenvalue weighted by atomic mass is 10.0. The van der Waals surface area contributed by atoms with Crippen LogP contribution in [0.5, 0.6) is 0 Å². The molecule has 1 aliphatic heterocycles. The van der Waals surface area contributed by atoms with Crippen LogP contribution in [0.2, 0.25) is 0 Å². The van der Waals surface area contributed by atoms with Gasteiger partial charge in [-0.05, 0) is 39.8 Å². The summed E-state index contributed by atoms with van der Waals surface area (Å²) in [5, 5.41) is 17.0. The number of unbranched alkanes of at least 4 members (excludes halogenated alkanes) is 36. The van der Waals surface area contributed by atoms with Crippen molar-refractivity contribution in [1.82, 2.24) is 4.90 Å². The Bertz CT molecular complexity index is 1030. The highest BCUT2D eigenvalue weighted by molar-refractivity contribution is 5.71. The third-order valence-electron chi connectivity index (χ3n) is 12.7. The van der Waals surface area contributed by atoms with E-state index in [4.69, 9.17) is 24.4 Å². The SMILES string of the molecule is CCCCCCCCCCCCCCCC(=O)O.CCCCCCCCCCCCCCCC(=O)O.CCCCCCCCCCCCCCCC(=O)O[C@H]1CC[C@@H](COC(=O)CN(C)C)O1. The van der Waals surface area contributed by atoms with Crippen molar-refractivity contribution in [2.45, 2.75) is 316 Å². The average Bonchev–Trinajstić information content (AvgIpc) is 3.74. The molecule has 2 atom stereocenters. The number of rotatable bonds is 47. The normalized spacial score (nSPS) is 14.3. The van der Waals surface area contributed by atoms with Crippen LogP contribution in [0.3, 0.4) is 0 Å². The number of carbonyl (C=O) groups excluding carboxylic acids is 2. The Morgan fingerprint density at radius 1 is 0.418 bits per heavy atom. The molecule has 1 fully saturated rings. The van der Waals surface area contributed by atoms with Gasteiger partial charge in [0.15, 0.2) is 0 Å². The van der Waals surface area contributed by atoms with Gasteiger partial charge in [-0.3, -0.25) is 24.1 Å². The number of nitrogens with zero attached hydrogens (tertiary/aromatic N) is 1. The first kappa shape index (κ1) is 66.9. The fourth-order valence-corrected chi connectivity index (χ4v) is 8.45. The average molecular weight is 955 g/mol. The van der Waals surface area contributed by atoms with Crippen molar-refractivity contribution in [2.75, 3.05) is 27.2 Å². The summed E-state index contributed by atoms with van der Waals surface area (Å²) in [6.45, 7) is 7.26. The minimum Gasteiger partial charge on any atom is -0.481 e. The molecule has 0 aromatic carbocycles. The summed E-state index contributed by atoms with van der Waals surface area (Å²) in [6, 6.07) is 0. The molecule has 0 bridgehead atoms. The highest BCUT2D eigenvalue weighted by Crippen LogP contribution is 2.22. The number of carbonyl (C=O) groups is 4. The van der Waals surface area contributed by atoms with Gasteiger partial charge in [0.25, 0.3) is 0 Å². The monoisotopic (exact) mass is 954 g/mol. The fraction of sp³-hybridized carbons (Fsp3) is 0.930. The molecule has 67 heavy (non-hydrogen) atoms. The number of likely N-dealkylation sites (N-methyl/N-ethyl adjacent to an activating group) is 1. The van der Waals surface area contributed by atoms with Gasteiger partial charge in [-0.15, -0.1) is 0 Å². The second-order valence-corrected chi connectivity index (χ2v) is 19.9. The first-order chi connectivity index (χ1) is 32.5. The number of ether oxygens (including phenoxy) is 3. The van der Waals surface area contributed by atoms with E-state index in [0.29, 0.717) is 25.7 Å². The van der Waals surface area contributed by atoms with Crippen LogP contribution in [0.25, 0.3) is 0 Å². The van der Waals surface area contributed by atoms with Gasteiger partial charge in [0.05, 0.1) is 12.6 Å². The Labute approximate surface area is 414 Å². The predicted molar refractivity (Wildman–Crippen MR) is 280 cm³/mol. The molecular weight excluding hydrogens is 843 g/mol. The lowest BCUT2D eigenvalue weighted by molar-refractivity contribution is -0.180. The highest BCUT2D eigenvalue weighted by atomic mass is 16.7. The molecule has 0 saturated carbocycles. The molecule has 0 aliphatic carbocycles. The van der Waals surface area contributed by atoms with E-state index < -0.39 is 18.2 Å². The highest BCUT2D eigenvalue weighted by Gasteiger charge is 2.29. The molecule has 0 radical (unpaired) electrons. The predicted octanol–water partition coefficient (Wildman–Crippen LogP) is 16.7. The lowest BCUT2D eigenvalue weighted by Crippen LogP contribution is -2.27. The summed E-state index contributed by atoms with van der Waals surface area (Å²) in [6.07, 6.45) is 52.5. The molecule has 2 N–H and O–H groups in total. The van der Waals surface area contributed by atoms with Crippen molar-refractivity contribution in [3.8, 4) is 0 Å². The Morgan fingerprint density at radius 3 is 0.985 bits per heavy atom. The maximum atomic E-state index is 12.0. The molecule has 0 unspecified atom stereocenters. The topological polar surface area (TPSA) is 140 Å². The molecule has 0 aromatic rings. The second-order valence-electron chi connectivity index (χ2n) is 19.9. The molecule has 1 rings (SSSR count). The van der Waals surface area contributed by atoms with Gasteiger partial charge in [-0.1, -0.05) is 252 Å². The van der Waals surface area contributed by atoms with Gasteiger partial charge < -0.3 is 24.4 Å². The van der Waals surface area contributed by atoms with Crippen molar-refractivity contribution in [3.05, 3.63) is 0 Å². The van der Waals surface area contributed by atoms with Gasteiger partial charge in [0, 0.05) is 25.7 Å². The number of carboxylic acids is 2. The smallest absolute Gasteiger partial charge is 0.320 e. The third kappa shape index (κ3) is 58.0. The number of hydrogen-bond acceptors (Lipinski definition) is 8. The maximum absolute atomic E-state index is 12.0. The third-order valence-corrected chi connectivity index (χ3v) is 12.7. The van der Waals surface area contributed by atoms with Crippen LogP contribution in [0, 0.1) is 0 Å². The fourth-order valence-electron chi connectivity index (χ4n) is 8.45. The zero-order chi connectivity index (χ0) is 49.7. The molecule has 1 saturated heterocycles. The second kappa shape index (κ2) is 54.7. The van der Waals surface area contributed by atoms with Crippen LogP contribution in [-0.4, -0.2) is 78.6 Å². The summed E-state index contributed by atoms with van der Waals surface area (Å²) in [5.41, 5.74) is 0. The summed E-state index contributed by atoms with van der Waals surface area (Å²) in [4.78, 5) is 45.9. The summed E-state index contributed by atoms with van der Waals surface area (Å²) >= 11 is 0. The van der Waals surface area contributed by atoms with Crippen LogP contribution in [0.4, 0.5) is 0 Å². The zero-order valence-corrected chi connectivity index (χ0v) is 44.9. The van der Waals surface area contributed by atoms with Gasteiger partial charge in [0.2, 0.25) is 6.29 Å². The number of carboxylic acid groups (broad SMARTS) is 2. The Kier molecular flexibility index (Phi) is 54.6. The van der Waals surface area contributed by atoms with Crippen molar-refractivity contribution in [1.29, 1.82) is 0 Å². The Morgan fingerprint density at radius 2 is 0.701 bits per heavy atom. The number of esters is 2. The van der Waals surface area contributed by atoms with E-state index in [1.165, 1.54) is 212 Å². The first-order valence-corrected chi connectivity index (χ1v) is 28.6. The number of hydrogen-bond donors (Lipinski definition) is 2. The van der Waals surface area contributed by atoms with Crippen molar-refractivity contribution in [2.24, 2.45) is 0 Å². The van der Waals surface area contributed by atoms with Gasteiger partial charge in [-0.25, -0.2) is 0 Å². The van der Waals surface area contributed by atoms with Crippen LogP contribution in [-0.2, 0) is 33.4 Å². The van der Waals surface area contributed by atoms with E-state index in [2.05, 4.69) is 20.8 Å². The molecule has 398 valence electrons. The van der Waals surface area contributed by atoms with E-state index in [1.807, 2.05) is 14.1 Å². The van der Waals surface area contributed by atoms with E-state index in [0.717, 1.165) is 44.9 Å². The van der Waals surface area contributed by atoms with Crippen LogP contribution >= 0.6 is 0 Å². The maximum Gasteiger partial charge on any atom is 0.320 e. The van der Waals surface area contributed by atoms with E-state index >= 15 is 0 Å². The van der Waals surface area contributed by atoms with Crippen molar-refractivity contribution >= 4 is 23.9 Å². The van der Waals surface area contributed by atoms with Crippen LogP contribution in [0.15, 0.2) is 0 Å². The zero-order valence-electron chi connectivity index (χ0n) is 44.9. The molecule has 0 spiro atoms. The minimum absolute atomic E-state index is 0.180. The quantitative estimate of drug-likeness (QED) is 0.0447. The number of aliphatic carboxylic acids is 2. The van der Waals surface area contributed by atoms with E-state index in [1.54, 1.807) is 4.90 Å². The Hall–Kier alpha value is -2.20. The molecule has 1 aliphatic rings. The minimum atomic E-state index is -0.655.